The average Bonchev–Trinajstić information content (AvgIpc) is 2.86. The maximum absolute atomic E-state index is 12.4. The molecule has 2 amide bonds. The minimum atomic E-state index is -0.512. The van der Waals surface area contributed by atoms with Crippen LogP contribution in [0, 0.1) is 5.92 Å². The quantitative estimate of drug-likeness (QED) is 0.825. The zero-order valence-corrected chi connectivity index (χ0v) is 15.1. The Labute approximate surface area is 148 Å². The van der Waals surface area contributed by atoms with Crippen molar-refractivity contribution < 1.29 is 19.1 Å². The Balaban J connectivity index is 1.55. The van der Waals surface area contributed by atoms with E-state index in [4.69, 9.17) is 9.47 Å². The molecule has 3 rings (SSSR count). The second-order valence-electron chi connectivity index (χ2n) is 7.83. The summed E-state index contributed by atoms with van der Waals surface area (Å²) in [6, 6.07) is 9.64. The molecular formula is C19H26N2O4. The van der Waals surface area contributed by atoms with E-state index in [1.165, 1.54) is 0 Å². The highest BCUT2D eigenvalue weighted by atomic mass is 16.6. The lowest BCUT2D eigenvalue weighted by Gasteiger charge is -2.32. The maximum Gasteiger partial charge on any atom is 0.410 e. The van der Waals surface area contributed by atoms with Crippen molar-refractivity contribution in [1.82, 2.24) is 9.80 Å². The minimum Gasteiger partial charge on any atom is -0.445 e. The summed E-state index contributed by atoms with van der Waals surface area (Å²) in [6.45, 7) is 7.62. The van der Waals surface area contributed by atoms with Crippen molar-refractivity contribution in [3.8, 4) is 0 Å². The van der Waals surface area contributed by atoms with E-state index in [-0.39, 0.29) is 30.8 Å². The summed E-state index contributed by atoms with van der Waals surface area (Å²) in [5.41, 5.74) is 0.452. The molecule has 2 bridgehead atoms. The van der Waals surface area contributed by atoms with Crippen LogP contribution in [0.5, 0.6) is 0 Å². The summed E-state index contributed by atoms with van der Waals surface area (Å²) in [4.78, 5) is 28.2. The molecular weight excluding hydrogens is 320 g/mol. The Kier molecular flexibility index (Phi) is 4.88. The third kappa shape index (κ3) is 4.44. The standard InChI is InChI=1S/C19H26N2O4/c1-19(2,3)25-18(23)21-11-15-9-16(21)12-20(10-15)17(22)24-13-14-7-5-4-6-8-14/h4-8,15-16H,9-13H2,1-3H3. The lowest BCUT2D eigenvalue weighted by atomic mass is 10.0. The summed E-state index contributed by atoms with van der Waals surface area (Å²) in [5.74, 6) is 0.288. The third-order valence-corrected chi connectivity index (χ3v) is 4.50. The summed E-state index contributed by atoms with van der Waals surface area (Å²) in [5, 5.41) is 0. The number of hydrogen-bond donors (Lipinski definition) is 0. The zero-order valence-electron chi connectivity index (χ0n) is 15.1. The SMILES string of the molecule is CC(C)(C)OC(=O)N1CC2CC1CN(C(=O)OCc1ccccc1)C2. The monoisotopic (exact) mass is 346 g/mol. The molecule has 2 atom stereocenters. The van der Waals surface area contributed by atoms with Crippen LogP contribution in [-0.2, 0) is 16.1 Å². The van der Waals surface area contributed by atoms with Crippen LogP contribution < -0.4 is 0 Å². The number of benzene rings is 1. The lowest BCUT2D eigenvalue weighted by molar-refractivity contribution is 0.0203. The Morgan fingerprint density at radius 1 is 1.08 bits per heavy atom. The van der Waals surface area contributed by atoms with Crippen LogP contribution >= 0.6 is 0 Å². The van der Waals surface area contributed by atoms with Crippen LogP contribution in [0.3, 0.4) is 0 Å². The first kappa shape index (κ1) is 17.6. The number of hydrogen-bond acceptors (Lipinski definition) is 4. The van der Waals surface area contributed by atoms with Crippen molar-refractivity contribution >= 4 is 12.2 Å². The van der Waals surface area contributed by atoms with Crippen molar-refractivity contribution in [2.75, 3.05) is 19.6 Å². The summed E-state index contributed by atoms with van der Waals surface area (Å²) in [7, 11) is 0. The van der Waals surface area contributed by atoms with Gasteiger partial charge in [-0.1, -0.05) is 30.3 Å². The number of carbonyl (C=O) groups excluding carboxylic acids is 2. The fourth-order valence-electron chi connectivity index (χ4n) is 3.46. The van der Waals surface area contributed by atoms with E-state index in [0.717, 1.165) is 12.0 Å². The van der Waals surface area contributed by atoms with Crippen LogP contribution in [0.4, 0.5) is 9.59 Å². The molecule has 136 valence electrons. The van der Waals surface area contributed by atoms with E-state index >= 15 is 0 Å². The first-order chi connectivity index (χ1) is 11.8. The molecule has 2 aliphatic heterocycles. The van der Waals surface area contributed by atoms with E-state index < -0.39 is 5.60 Å². The molecule has 0 spiro atoms. The van der Waals surface area contributed by atoms with Crippen LogP contribution in [-0.4, -0.2) is 53.3 Å². The third-order valence-electron chi connectivity index (χ3n) is 4.50. The molecule has 6 heteroatoms. The average molecular weight is 346 g/mol. The summed E-state index contributed by atoms with van der Waals surface area (Å²) in [6.07, 6.45) is 0.311. The number of fused-ring (bicyclic) bond motifs is 2. The van der Waals surface area contributed by atoms with Gasteiger partial charge in [0.2, 0.25) is 0 Å². The van der Waals surface area contributed by atoms with Gasteiger partial charge in [-0.15, -0.1) is 0 Å². The molecule has 0 saturated carbocycles. The largest absolute Gasteiger partial charge is 0.445 e. The second-order valence-corrected chi connectivity index (χ2v) is 7.83. The normalized spacial score (nSPS) is 22.7. The molecule has 2 saturated heterocycles. The Morgan fingerprint density at radius 2 is 1.80 bits per heavy atom. The highest BCUT2D eigenvalue weighted by molar-refractivity contribution is 5.71. The number of nitrogens with zero attached hydrogens (tertiary/aromatic N) is 2. The smallest absolute Gasteiger partial charge is 0.410 e. The van der Waals surface area contributed by atoms with E-state index in [0.29, 0.717) is 19.6 Å². The van der Waals surface area contributed by atoms with Gasteiger partial charge in [-0.2, -0.15) is 0 Å². The van der Waals surface area contributed by atoms with Gasteiger partial charge >= 0.3 is 12.2 Å². The first-order valence-corrected chi connectivity index (χ1v) is 8.77. The molecule has 25 heavy (non-hydrogen) atoms. The van der Waals surface area contributed by atoms with Crippen molar-refractivity contribution in [1.29, 1.82) is 0 Å². The fourth-order valence-corrected chi connectivity index (χ4v) is 3.46. The van der Waals surface area contributed by atoms with Gasteiger partial charge in [0.15, 0.2) is 0 Å². The highest BCUT2D eigenvalue weighted by Gasteiger charge is 2.43. The molecule has 6 nitrogen and oxygen atoms in total. The first-order valence-electron chi connectivity index (χ1n) is 8.77. The summed E-state index contributed by atoms with van der Waals surface area (Å²) >= 11 is 0. The van der Waals surface area contributed by atoms with Gasteiger partial charge in [0.25, 0.3) is 0 Å². The number of ether oxygens (including phenoxy) is 2. The van der Waals surface area contributed by atoms with E-state index in [1.54, 1.807) is 9.80 Å². The van der Waals surface area contributed by atoms with Crippen molar-refractivity contribution in [3.63, 3.8) is 0 Å². The molecule has 1 aromatic rings. The molecule has 2 aliphatic rings. The van der Waals surface area contributed by atoms with Crippen LogP contribution in [0.15, 0.2) is 30.3 Å². The molecule has 0 radical (unpaired) electrons. The predicted octanol–water partition coefficient (Wildman–Crippen LogP) is 3.26. The van der Waals surface area contributed by atoms with Crippen LogP contribution in [0.2, 0.25) is 0 Å². The lowest BCUT2D eigenvalue weighted by Crippen LogP contribution is -2.47. The van der Waals surface area contributed by atoms with Crippen LogP contribution in [0.1, 0.15) is 32.8 Å². The molecule has 2 unspecified atom stereocenters. The molecule has 2 fully saturated rings. The van der Waals surface area contributed by atoms with Gasteiger partial charge in [-0.05, 0) is 38.7 Å². The van der Waals surface area contributed by atoms with Crippen molar-refractivity contribution in [2.45, 2.75) is 45.4 Å². The molecule has 0 aromatic heterocycles. The Hall–Kier alpha value is -2.24. The van der Waals surface area contributed by atoms with Gasteiger partial charge in [0, 0.05) is 19.6 Å². The van der Waals surface area contributed by atoms with E-state index in [2.05, 4.69) is 0 Å². The topological polar surface area (TPSA) is 59.1 Å². The molecule has 2 heterocycles. The molecule has 0 aliphatic carbocycles. The zero-order chi connectivity index (χ0) is 18.0. The summed E-state index contributed by atoms with van der Waals surface area (Å²) < 4.78 is 10.9. The maximum atomic E-state index is 12.4. The van der Waals surface area contributed by atoms with Crippen LogP contribution in [0.25, 0.3) is 0 Å². The van der Waals surface area contributed by atoms with E-state index in [9.17, 15) is 9.59 Å². The number of rotatable bonds is 2. The molecule has 0 N–H and O–H groups in total. The van der Waals surface area contributed by atoms with Gasteiger partial charge in [-0.25, -0.2) is 9.59 Å². The highest BCUT2D eigenvalue weighted by Crippen LogP contribution is 2.31. The van der Waals surface area contributed by atoms with Crippen molar-refractivity contribution in [3.05, 3.63) is 35.9 Å². The number of piperidine rings is 1. The van der Waals surface area contributed by atoms with Crippen molar-refractivity contribution in [2.24, 2.45) is 5.92 Å². The van der Waals surface area contributed by atoms with Gasteiger partial charge in [-0.3, -0.25) is 0 Å². The number of amides is 2. The predicted molar refractivity (Wildman–Crippen MR) is 93.0 cm³/mol. The van der Waals surface area contributed by atoms with E-state index in [1.807, 2.05) is 51.1 Å². The minimum absolute atomic E-state index is 0.0119. The van der Waals surface area contributed by atoms with Gasteiger partial charge < -0.3 is 19.3 Å². The molecule has 1 aromatic carbocycles. The second kappa shape index (κ2) is 6.94. The Morgan fingerprint density at radius 3 is 2.48 bits per heavy atom. The Bertz CT molecular complexity index is 626. The fraction of sp³-hybridized carbons (Fsp3) is 0.579. The number of likely N-dealkylation sites (tertiary alicyclic amines) is 2. The van der Waals surface area contributed by atoms with Gasteiger partial charge in [0.1, 0.15) is 12.2 Å². The number of carbonyl (C=O) groups is 2. The van der Waals surface area contributed by atoms with Gasteiger partial charge in [0.05, 0.1) is 6.04 Å².